The Morgan fingerprint density at radius 3 is 2.47 bits per heavy atom. The number of hydrogen-bond donors (Lipinski definition) is 3. The molecule has 0 saturated carbocycles. The van der Waals surface area contributed by atoms with Crippen LogP contribution in [0.5, 0.6) is 0 Å². The van der Waals surface area contributed by atoms with Crippen LogP contribution in [0.1, 0.15) is 10.4 Å². The predicted molar refractivity (Wildman–Crippen MR) is 71.9 cm³/mol. The minimum Gasteiger partial charge on any atom is -0.384 e. The molecule has 1 aromatic heterocycles. The maximum Gasteiger partial charge on any atom is 0.231 e. The van der Waals surface area contributed by atoms with E-state index in [0.717, 1.165) is 10.4 Å². The fourth-order valence-electron chi connectivity index (χ4n) is 1.50. The van der Waals surface area contributed by atoms with E-state index in [1.165, 1.54) is 11.3 Å². The topological polar surface area (TPSA) is 110 Å². The lowest BCUT2D eigenvalue weighted by Gasteiger charge is -2.17. The first-order valence-corrected chi connectivity index (χ1v) is 6.35. The van der Waals surface area contributed by atoms with Crippen LogP contribution in [0.4, 0.5) is 0 Å². The van der Waals surface area contributed by atoms with Crippen molar-refractivity contribution in [2.75, 3.05) is 19.7 Å². The normalized spacial score (nSPS) is 10.0. The average Bonchev–Trinajstić information content (AvgIpc) is 2.72. The Hall–Kier alpha value is -1.88. The van der Waals surface area contributed by atoms with Crippen molar-refractivity contribution in [2.24, 2.45) is 11.5 Å². The molecule has 1 heterocycles. The Balaban J connectivity index is 2.69. The third-order valence-corrected chi connectivity index (χ3v) is 3.03. The summed E-state index contributed by atoms with van der Waals surface area (Å²) in [5.74, 6) is 4.29. The van der Waals surface area contributed by atoms with Gasteiger partial charge in [-0.1, -0.05) is 11.8 Å². The summed E-state index contributed by atoms with van der Waals surface area (Å²) < 4.78 is 0. The molecule has 0 atom stereocenters. The molecule has 5 N–H and O–H groups in total. The molecule has 0 radical (unpaired) electrons. The SMILES string of the molecule is NC(=O)CN(CC(N)=O)Cc1cc(C#CCO)cs1. The van der Waals surface area contributed by atoms with Gasteiger partial charge in [0.25, 0.3) is 0 Å². The highest BCUT2D eigenvalue weighted by molar-refractivity contribution is 7.10. The van der Waals surface area contributed by atoms with Crippen LogP contribution in [-0.4, -0.2) is 41.5 Å². The van der Waals surface area contributed by atoms with E-state index < -0.39 is 11.8 Å². The fourth-order valence-corrected chi connectivity index (χ4v) is 2.36. The lowest BCUT2D eigenvalue weighted by atomic mass is 10.3. The van der Waals surface area contributed by atoms with E-state index in [1.807, 2.05) is 11.4 Å². The number of amides is 2. The number of rotatable bonds is 6. The zero-order valence-electron chi connectivity index (χ0n) is 10.3. The molecule has 0 spiro atoms. The quantitative estimate of drug-likeness (QED) is 0.573. The van der Waals surface area contributed by atoms with Crippen LogP contribution in [0.25, 0.3) is 0 Å². The van der Waals surface area contributed by atoms with E-state index in [0.29, 0.717) is 6.54 Å². The Labute approximate surface area is 115 Å². The van der Waals surface area contributed by atoms with Crippen molar-refractivity contribution < 1.29 is 14.7 Å². The van der Waals surface area contributed by atoms with E-state index in [-0.39, 0.29) is 19.7 Å². The van der Waals surface area contributed by atoms with Gasteiger partial charge in [-0.25, -0.2) is 0 Å². The van der Waals surface area contributed by atoms with Crippen molar-refractivity contribution in [2.45, 2.75) is 6.54 Å². The summed E-state index contributed by atoms with van der Waals surface area (Å²) in [5, 5.41) is 10.4. The third kappa shape index (κ3) is 6.01. The first-order chi connectivity index (χ1) is 9.01. The summed E-state index contributed by atoms with van der Waals surface area (Å²) in [6, 6.07) is 1.84. The highest BCUT2D eigenvalue weighted by atomic mass is 32.1. The van der Waals surface area contributed by atoms with Crippen LogP contribution in [-0.2, 0) is 16.1 Å². The molecule has 1 aromatic rings. The minimum absolute atomic E-state index is 0.0293. The van der Waals surface area contributed by atoms with E-state index in [9.17, 15) is 9.59 Å². The van der Waals surface area contributed by atoms with Crippen molar-refractivity contribution in [1.29, 1.82) is 0 Å². The van der Waals surface area contributed by atoms with Crippen LogP contribution in [0.15, 0.2) is 11.4 Å². The Kier molecular flexibility index (Phi) is 6.02. The number of hydrogen-bond acceptors (Lipinski definition) is 5. The molecule has 0 aromatic carbocycles. The molecular weight excluding hydrogens is 266 g/mol. The van der Waals surface area contributed by atoms with Crippen LogP contribution in [0.2, 0.25) is 0 Å². The molecule has 1 rings (SSSR count). The second-order valence-electron chi connectivity index (χ2n) is 3.84. The van der Waals surface area contributed by atoms with Gasteiger partial charge < -0.3 is 16.6 Å². The zero-order valence-corrected chi connectivity index (χ0v) is 11.1. The molecule has 0 saturated heterocycles. The van der Waals surface area contributed by atoms with Crippen molar-refractivity contribution in [3.05, 3.63) is 21.9 Å². The van der Waals surface area contributed by atoms with Gasteiger partial charge in [-0.3, -0.25) is 14.5 Å². The number of thiophene rings is 1. The number of carbonyl (C=O) groups is 2. The Morgan fingerprint density at radius 2 is 1.95 bits per heavy atom. The number of carbonyl (C=O) groups excluding carboxylic acids is 2. The van der Waals surface area contributed by atoms with Crippen LogP contribution < -0.4 is 11.5 Å². The third-order valence-electron chi connectivity index (χ3n) is 2.10. The summed E-state index contributed by atoms with van der Waals surface area (Å²) in [4.78, 5) is 24.3. The average molecular weight is 281 g/mol. The van der Waals surface area contributed by atoms with Gasteiger partial charge >= 0.3 is 0 Å². The molecule has 7 heteroatoms. The molecule has 0 aliphatic carbocycles. The van der Waals surface area contributed by atoms with Gasteiger partial charge in [0.1, 0.15) is 6.61 Å². The molecule has 0 fully saturated rings. The van der Waals surface area contributed by atoms with E-state index >= 15 is 0 Å². The summed E-state index contributed by atoms with van der Waals surface area (Å²) in [6.45, 7) is 0.148. The number of nitrogens with zero attached hydrogens (tertiary/aromatic N) is 1. The first-order valence-electron chi connectivity index (χ1n) is 5.47. The van der Waals surface area contributed by atoms with Crippen molar-refractivity contribution in [3.8, 4) is 11.8 Å². The van der Waals surface area contributed by atoms with Gasteiger partial charge in [-0.05, 0) is 6.07 Å². The molecule has 19 heavy (non-hydrogen) atoms. The number of nitrogens with two attached hydrogens (primary N) is 2. The van der Waals surface area contributed by atoms with Gasteiger partial charge in [0.15, 0.2) is 0 Å². The predicted octanol–water partition coefficient (Wildman–Crippen LogP) is -1.14. The molecule has 0 unspecified atom stereocenters. The largest absolute Gasteiger partial charge is 0.384 e. The summed E-state index contributed by atoms with van der Waals surface area (Å²) in [5.41, 5.74) is 11.0. The molecular formula is C12H15N3O3S. The van der Waals surface area contributed by atoms with Crippen molar-refractivity contribution >= 4 is 23.2 Å². The number of primary amides is 2. The van der Waals surface area contributed by atoms with Gasteiger partial charge in [-0.2, -0.15) is 0 Å². The standard InChI is InChI=1S/C12H15N3O3S/c13-11(17)6-15(7-12(14)18)5-10-4-9(8-19-10)2-1-3-16/h4,8,16H,3,5-7H2,(H2,13,17)(H2,14,18). The monoisotopic (exact) mass is 281 g/mol. The smallest absolute Gasteiger partial charge is 0.231 e. The summed E-state index contributed by atoms with van der Waals surface area (Å²) >= 11 is 1.45. The Morgan fingerprint density at radius 1 is 1.32 bits per heavy atom. The molecule has 0 aliphatic rings. The van der Waals surface area contributed by atoms with Crippen LogP contribution >= 0.6 is 11.3 Å². The lowest BCUT2D eigenvalue weighted by Crippen LogP contribution is -2.38. The van der Waals surface area contributed by atoms with E-state index in [2.05, 4.69) is 11.8 Å². The van der Waals surface area contributed by atoms with Crippen molar-refractivity contribution in [3.63, 3.8) is 0 Å². The summed E-state index contributed by atoms with van der Waals surface area (Å²) in [7, 11) is 0. The zero-order chi connectivity index (χ0) is 14.3. The summed E-state index contributed by atoms with van der Waals surface area (Å²) in [6.07, 6.45) is 0. The number of aliphatic hydroxyl groups excluding tert-OH is 1. The second kappa shape index (κ2) is 7.53. The maximum atomic E-state index is 10.9. The first kappa shape index (κ1) is 15.2. The van der Waals surface area contributed by atoms with Crippen LogP contribution in [0.3, 0.4) is 0 Å². The van der Waals surface area contributed by atoms with Crippen molar-refractivity contribution in [1.82, 2.24) is 4.90 Å². The maximum absolute atomic E-state index is 10.9. The minimum atomic E-state index is -0.516. The van der Waals surface area contributed by atoms with E-state index in [4.69, 9.17) is 16.6 Å². The fraction of sp³-hybridized carbons (Fsp3) is 0.333. The molecule has 6 nitrogen and oxygen atoms in total. The van der Waals surface area contributed by atoms with Gasteiger partial charge in [0.2, 0.25) is 11.8 Å². The van der Waals surface area contributed by atoms with Gasteiger partial charge in [0, 0.05) is 22.4 Å². The van der Waals surface area contributed by atoms with Crippen LogP contribution in [0, 0.1) is 11.8 Å². The number of aliphatic hydroxyl groups is 1. The highest BCUT2D eigenvalue weighted by Gasteiger charge is 2.12. The second-order valence-corrected chi connectivity index (χ2v) is 4.84. The Bertz CT molecular complexity index is 500. The molecule has 2 amide bonds. The van der Waals surface area contributed by atoms with Gasteiger partial charge in [-0.15, -0.1) is 11.3 Å². The molecule has 0 bridgehead atoms. The van der Waals surface area contributed by atoms with E-state index in [1.54, 1.807) is 4.90 Å². The lowest BCUT2D eigenvalue weighted by molar-refractivity contribution is -0.122. The molecule has 102 valence electrons. The van der Waals surface area contributed by atoms with Gasteiger partial charge in [0.05, 0.1) is 13.1 Å². The molecule has 0 aliphatic heterocycles. The highest BCUT2D eigenvalue weighted by Crippen LogP contribution is 2.16.